The molecule has 0 amide bonds. The molecule has 0 saturated heterocycles. The van der Waals surface area contributed by atoms with Gasteiger partial charge in [0.2, 0.25) is 0 Å². The first kappa shape index (κ1) is 14.0. The van der Waals surface area contributed by atoms with Crippen LogP contribution in [0.5, 0.6) is 0 Å². The summed E-state index contributed by atoms with van der Waals surface area (Å²) in [6.45, 7) is 10.8. The van der Waals surface area contributed by atoms with Crippen LogP contribution in [0.2, 0.25) is 0 Å². The molecule has 1 rings (SSSR count). The molecule has 1 saturated carbocycles. The zero-order valence-electron chi connectivity index (χ0n) is 11.5. The highest BCUT2D eigenvalue weighted by Gasteiger charge is 2.24. The van der Waals surface area contributed by atoms with Crippen molar-refractivity contribution < 1.29 is 4.74 Å². The normalized spacial score (nSPS) is 27.4. The molecule has 2 unspecified atom stereocenters. The minimum Gasteiger partial charge on any atom is -0.380 e. The van der Waals surface area contributed by atoms with Gasteiger partial charge in [-0.2, -0.15) is 0 Å². The predicted octanol–water partition coefficient (Wildman–Crippen LogP) is 3.36. The highest BCUT2D eigenvalue weighted by Crippen LogP contribution is 2.33. The smallest absolute Gasteiger partial charge is 0.0616 e. The van der Waals surface area contributed by atoms with Gasteiger partial charge in [-0.3, -0.25) is 0 Å². The molecule has 1 aliphatic carbocycles. The highest BCUT2D eigenvalue weighted by atomic mass is 16.5. The van der Waals surface area contributed by atoms with Gasteiger partial charge in [0.15, 0.2) is 0 Å². The molecular weight excluding hydrogens is 198 g/mol. The van der Waals surface area contributed by atoms with E-state index in [1.165, 1.54) is 32.1 Å². The van der Waals surface area contributed by atoms with Crippen LogP contribution in [-0.2, 0) is 4.74 Å². The molecule has 96 valence electrons. The Balaban J connectivity index is 2.26. The van der Waals surface area contributed by atoms with Gasteiger partial charge in [-0.15, -0.1) is 0 Å². The maximum absolute atomic E-state index is 5.45. The topological polar surface area (TPSA) is 21.3 Å². The zero-order valence-corrected chi connectivity index (χ0v) is 11.5. The number of hydrogen-bond donors (Lipinski definition) is 1. The van der Waals surface area contributed by atoms with Gasteiger partial charge in [-0.1, -0.05) is 20.3 Å². The van der Waals surface area contributed by atoms with Crippen LogP contribution in [0.3, 0.4) is 0 Å². The third kappa shape index (κ3) is 5.31. The Bertz CT molecular complexity index is 191. The second-order valence-electron chi connectivity index (χ2n) is 6.02. The minimum atomic E-state index is 0.492. The molecule has 0 radical (unpaired) electrons. The van der Waals surface area contributed by atoms with Crippen LogP contribution in [0.4, 0.5) is 0 Å². The molecular formula is C14H29NO. The molecule has 1 aliphatic rings. The molecule has 16 heavy (non-hydrogen) atoms. The second kappa shape index (κ2) is 6.61. The predicted molar refractivity (Wildman–Crippen MR) is 69.7 cm³/mol. The van der Waals surface area contributed by atoms with E-state index in [1.807, 2.05) is 0 Å². The van der Waals surface area contributed by atoms with Crippen molar-refractivity contribution in [3.05, 3.63) is 0 Å². The molecule has 0 spiro atoms. The summed E-state index contributed by atoms with van der Waals surface area (Å²) in [5.41, 5.74) is 0.555. The first-order valence-electron chi connectivity index (χ1n) is 6.87. The van der Waals surface area contributed by atoms with Gasteiger partial charge in [0.25, 0.3) is 0 Å². The van der Waals surface area contributed by atoms with E-state index in [1.54, 1.807) is 0 Å². The first-order valence-corrected chi connectivity index (χ1v) is 6.87. The average molecular weight is 227 g/mol. The van der Waals surface area contributed by atoms with Crippen molar-refractivity contribution in [1.29, 1.82) is 0 Å². The van der Waals surface area contributed by atoms with E-state index in [-0.39, 0.29) is 0 Å². The lowest BCUT2D eigenvalue weighted by Crippen LogP contribution is -2.39. The summed E-state index contributed by atoms with van der Waals surface area (Å²) >= 11 is 0. The third-order valence-corrected chi connectivity index (χ3v) is 3.67. The van der Waals surface area contributed by atoms with Crippen molar-refractivity contribution in [3.8, 4) is 0 Å². The minimum absolute atomic E-state index is 0.492. The SMILES string of the molecule is CCOCC(C)NC1CCCC(C)(C)CC1. The highest BCUT2D eigenvalue weighted by molar-refractivity contribution is 4.80. The van der Waals surface area contributed by atoms with Crippen LogP contribution in [0.15, 0.2) is 0 Å². The Kier molecular flexibility index (Phi) is 5.77. The molecule has 2 heteroatoms. The Morgan fingerprint density at radius 3 is 2.75 bits per heavy atom. The van der Waals surface area contributed by atoms with Crippen molar-refractivity contribution >= 4 is 0 Å². The van der Waals surface area contributed by atoms with Gasteiger partial charge >= 0.3 is 0 Å². The maximum atomic E-state index is 5.45. The number of ether oxygens (including phenoxy) is 1. The van der Waals surface area contributed by atoms with Crippen LogP contribution < -0.4 is 5.32 Å². The Labute approximate surface area is 101 Å². The fraction of sp³-hybridized carbons (Fsp3) is 1.00. The summed E-state index contributed by atoms with van der Waals surface area (Å²) in [6, 6.07) is 1.20. The lowest BCUT2D eigenvalue weighted by atomic mass is 9.85. The lowest BCUT2D eigenvalue weighted by Gasteiger charge is -2.24. The van der Waals surface area contributed by atoms with E-state index >= 15 is 0 Å². The molecule has 0 aromatic heterocycles. The largest absolute Gasteiger partial charge is 0.380 e. The van der Waals surface area contributed by atoms with E-state index in [2.05, 4.69) is 33.0 Å². The van der Waals surface area contributed by atoms with Crippen LogP contribution in [0.1, 0.15) is 59.8 Å². The van der Waals surface area contributed by atoms with Gasteiger partial charge in [0.05, 0.1) is 6.61 Å². The molecule has 0 aromatic carbocycles. The molecule has 0 aromatic rings. The fourth-order valence-corrected chi connectivity index (χ4v) is 2.57. The van der Waals surface area contributed by atoms with Gasteiger partial charge in [-0.05, 0) is 44.9 Å². The summed E-state index contributed by atoms with van der Waals surface area (Å²) in [4.78, 5) is 0. The van der Waals surface area contributed by atoms with E-state index in [0.29, 0.717) is 17.5 Å². The molecule has 0 bridgehead atoms. The van der Waals surface area contributed by atoms with Crippen molar-refractivity contribution in [3.63, 3.8) is 0 Å². The Morgan fingerprint density at radius 1 is 1.31 bits per heavy atom. The van der Waals surface area contributed by atoms with Crippen molar-refractivity contribution in [2.75, 3.05) is 13.2 Å². The van der Waals surface area contributed by atoms with E-state index in [9.17, 15) is 0 Å². The van der Waals surface area contributed by atoms with Gasteiger partial charge < -0.3 is 10.1 Å². The first-order chi connectivity index (χ1) is 7.53. The number of nitrogens with one attached hydrogen (secondary N) is 1. The Hall–Kier alpha value is -0.0800. The van der Waals surface area contributed by atoms with Crippen LogP contribution in [0.25, 0.3) is 0 Å². The van der Waals surface area contributed by atoms with Crippen molar-refractivity contribution in [1.82, 2.24) is 5.32 Å². The van der Waals surface area contributed by atoms with Crippen molar-refractivity contribution in [2.24, 2.45) is 5.41 Å². The molecule has 1 fully saturated rings. The fourth-order valence-electron chi connectivity index (χ4n) is 2.57. The van der Waals surface area contributed by atoms with Crippen LogP contribution >= 0.6 is 0 Å². The summed E-state index contributed by atoms with van der Waals surface area (Å²) < 4.78 is 5.45. The summed E-state index contributed by atoms with van der Waals surface area (Å²) in [7, 11) is 0. The third-order valence-electron chi connectivity index (χ3n) is 3.67. The summed E-state index contributed by atoms with van der Waals surface area (Å²) in [5, 5.41) is 3.71. The van der Waals surface area contributed by atoms with Crippen molar-refractivity contribution in [2.45, 2.75) is 71.9 Å². The monoisotopic (exact) mass is 227 g/mol. The molecule has 2 nitrogen and oxygen atoms in total. The molecule has 2 atom stereocenters. The summed E-state index contributed by atoms with van der Waals surface area (Å²) in [5.74, 6) is 0. The quantitative estimate of drug-likeness (QED) is 0.727. The van der Waals surface area contributed by atoms with E-state index in [4.69, 9.17) is 4.74 Å². The van der Waals surface area contributed by atoms with E-state index < -0.39 is 0 Å². The lowest BCUT2D eigenvalue weighted by molar-refractivity contribution is 0.122. The standard InChI is InChI=1S/C14H29NO/c1-5-16-11-12(2)15-13-7-6-9-14(3,4)10-8-13/h12-13,15H,5-11H2,1-4H3. The molecule has 0 heterocycles. The summed E-state index contributed by atoms with van der Waals surface area (Å²) in [6.07, 6.45) is 6.76. The molecule has 0 aliphatic heterocycles. The number of rotatable bonds is 5. The average Bonchev–Trinajstić information content (AvgIpc) is 2.37. The van der Waals surface area contributed by atoms with Crippen LogP contribution in [-0.4, -0.2) is 25.3 Å². The van der Waals surface area contributed by atoms with Gasteiger partial charge in [-0.25, -0.2) is 0 Å². The van der Waals surface area contributed by atoms with Crippen LogP contribution in [0, 0.1) is 5.41 Å². The van der Waals surface area contributed by atoms with Gasteiger partial charge in [0.1, 0.15) is 0 Å². The zero-order chi connectivity index (χ0) is 12.0. The maximum Gasteiger partial charge on any atom is 0.0616 e. The Morgan fingerprint density at radius 2 is 2.06 bits per heavy atom. The second-order valence-corrected chi connectivity index (χ2v) is 6.02. The van der Waals surface area contributed by atoms with E-state index in [0.717, 1.165) is 13.2 Å². The van der Waals surface area contributed by atoms with Gasteiger partial charge in [0, 0.05) is 18.7 Å². The number of hydrogen-bond acceptors (Lipinski definition) is 2. The molecule has 1 N–H and O–H groups in total.